The number of nitrogens with zero attached hydrogens (tertiary/aromatic N) is 4. The Morgan fingerprint density at radius 3 is 2.84 bits per heavy atom. The Bertz CT molecular complexity index is 766. The third-order valence-electron chi connectivity index (χ3n) is 4.51. The molecule has 1 saturated heterocycles. The molecule has 1 aliphatic rings. The number of carbonyl (C=O) groups is 1. The summed E-state index contributed by atoms with van der Waals surface area (Å²) in [4.78, 5) is 13.6. The summed E-state index contributed by atoms with van der Waals surface area (Å²) in [5.74, 6) is -0.575. The van der Waals surface area contributed by atoms with Crippen molar-refractivity contribution in [3.8, 4) is 0 Å². The number of hydrogen-bond donors (Lipinski definition) is 2. The molecule has 3 N–H and O–H groups in total. The maximum atomic E-state index is 12.8. The molecular formula is C15H19F3N6O. The maximum Gasteiger partial charge on any atom is 0.435 e. The number of alkyl halides is 3. The van der Waals surface area contributed by atoms with E-state index in [0.717, 1.165) is 25.3 Å². The van der Waals surface area contributed by atoms with Crippen molar-refractivity contribution in [2.24, 2.45) is 12.8 Å². The van der Waals surface area contributed by atoms with Crippen molar-refractivity contribution in [2.75, 3.05) is 6.54 Å². The highest BCUT2D eigenvalue weighted by atomic mass is 19.4. The molecule has 1 unspecified atom stereocenters. The molecule has 0 aromatic carbocycles. The molecule has 0 aliphatic carbocycles. The predicted octanol–water partition coefficient (Wildman–Crippen LogP) is 1.99. The second-order valence-electron chi connectivity index (χ2n) is 6.19. The number of H-pyrrole nitrogens is 1. The van der Waals surface area contributed by atoms with E-state index in [2.05, 4.69) is 15.3 Å². The van der Waals surface area contributed by atoms with Gasteiger partial charge in [-0.3, -0.25) is 19.5 Å². The Morgan fingerprint density at radius 1 is 1.44 bits per heavy atom. The smallest absolute Gasteiger partial charge is 0.365 e. The first-order valence-corrected chi connectivity index (χ1v) is 7.94. The van der Waals surface area contributed by atoms with Gasteiger partial charge in [0.15, 0.2) is 5.69 Å². The van der Waals surface area contributed by atoms with E-state index in [9.17, 15) is 18.0 Å². The Kier molecular flexibility index (Phi) is 4.55. The summed E-state index contributed by atoms with van der Waals surface area (Å²) in [6, 6.07) is 0.913. The molecule has 1 atom stereocenters. The van der Waals surface area contributed by atoms with Gasteiger partial charge in [-0.05, 0) is 25.5 Å². The van der Waals surface area contributed by atoms with E-state index in [0.29, 0.717) is 30.0 Å². The number of aryl methyl sites for hydroxylation is 1. The van der Waals surface area contributed by atoms with Crippen LogP contribution in [0.15, 0.2) is 12.3 Å². The van der Waals surface area contributed by atoms with Gasteiger partial charge in [0, 0.05) is 13.6 Å². The zero-order valence-electron chi connectivity index (χ0n) is 13.7. The van der Waals surface area contributed by atoms with E-state index < -0.39 is 17.8 Å². The Hall–Kier alpha value is -2.36. The van der Waals surface area contributed by atoms with Crippen LogP contribution < -0.4 is 5.73 Å². The summed E-state index contributed by atoms with van der Waals surface area (Å²) in [5.41, 5.74) is 5.87. The van der Waals surface area contributed by atoms with Crippen molar-refractivity contribution in [3.63, 3.8) is 0 Å². The number of amides is 1. The minimum absolute atomic E-state index is 0.150. The topological polar surface area (TPSA) is 92.8 Å². The van der Waals surface area contributed by atoms with Gasteiger partial charge in [-0.25, -0.2) is 0 Å². The molecule has 0 saturated carbocycles. The highest BCUT2D eigenvalue weighted by Gasteiger charge is 2.35. The van der Waals surface area contributed by atoms with Crippen LogP contribution in [0.3, 0.4) is 0 Å². The number of nitrogens with two attached hydrogens (primary N) is 1. The van der Waals surface area contributed by atoms with Gasteiger partial charge in [-0.15, -0.1) is 0 Å². The van der Waals surface area contributed by atoms with Crippen LogP contribution in [0.5, 0.6) is 0 Å². The molecule has 0 spiro atoms. The van der Waals surface area contributed by atoms with Crippen LogP contribution in [0, 0.1) is 0 Å². The van der Waals surface area contributed by atoms with Gasteiger partial charge in [0.05, 0.1) is 29.2 Å². The highest BCUT2D eigenvalue weighted by Crippen LogP contribution is 2.34. The van der Waals surface area contributed by atoms with Crippen molar-refractivity contribution < 1.29 is 18.0 Å². The Balaban J connectivity index is 1.86. The number of hydrogen-bond acceptors (Lipinski definition) is 4. The lowest BCUT2D eigenvalue weighted by molar-refractivity contribution is -0.141. The molecule has 136 valence electrons. The van der Waals surface area contributed by atoms with Crippen LogP contribution in [0.25, 0.3) is 0 Å². The van der Waals surface area contributed by atoms with Crippen molar-refractivity contribution in [1.29, 1.82) is 0 Å². The third-order valence-corrected chi connectivity index (χ3v) is 4.51. The van der Waals surface area contributed by atoms with Crippen molar-refractivity contribution >= 4 is 5.91 Å². The molecule has 3 rings (SSSR count). The fourth-order valence-electron chi connectivity index (χ4n) is 3.25. The monoisotopic (exact) mass is 356 g/mol. The summed E-state index contributed by atoms with van der Waals surface area (Å²) in [7, 11) is 1.49. The third kappa shape index (κ3) is 3.53. The molecular weight excluding hydrogens is 337 g/mol. The summed E-state index contributed by atoms with van der Waals surface area (Å²) in [6.07, 6.45) is -0.430. The number of nitrogens with one attached hydrogen (secondary N) is 1. The number of aromatic nitrogens is 4. The van der Waals surface area contributed by atoms with E-state index in [1.54, 1.807) is 0 Å². The fraction of sp³-hybridized carbons (Fsp3) is 0.533. The van der Waals surface area contributed by atoms with Crippen LogP contribution >= 0.6 is 0 Å². The van der Waals surface area contributed by atoms with Gasteiger partial charge < -0.3 is 5.73 Å². The van der Waals surface area contributed by atoms with E-state index in [1.165, 1.54) is 17.9 Å². The molecule has 7 nitrogen and oxygen atoms in total. The molecule has 0 radical (unpaired) electrons. The summed E-state index contributed by atoms with van der Waals surface area (Å²) < 4.78 is 39.8. The average Bonchev–Trinajstić information content (AvgIpc) is 3.15. The van der Waals surface area contributed by atoms with Gasteiger partial charge in [0.2, 0.25) is 0 Å². The second-order valence-corrected chi connectivity index (χ2v) is 6.19. The predicted molar refractivity (Wildman–Crippen MR) is 82.3 cm³/mol. The van der Waals surface area contributed by atoms with Crippen LogP contribution in [-0.4, -0.2) is 37.3 Å². The van der Waals surface area contributed by atoms with Crippen molar-refractivity contribution in [1.82, 2.24) is 24.9 Å². The molecule has 10 heteroatoms. The van der Waals surface area contributed by atoms with Crippen molar-refractivity contribution in [3.05, 3.63) is 34.9 Å². The number of rotatable bonds is 4. The molecule has 3 heterocycles. The normalized spacial score (nSPS) is 19.3. The first-order chi connectivity index (χ1) is 11.8. The van der Waals surface area contributed by atoms with Crippen LogP contribution in [0.1, 0.15) is 52.7 Å². The standard InChI is InChI=1S/C15H19F3N6O/c1-23-9(6-12(22-23)15(16,17)18)8-24-5-3-2-4-11(24)13-10(14(19)25)7-20-21-13/h6-7,11H,2-5,8H2,1H3,(H2,19,25)(H,20,21). The van der Waals surface area contributed by atoms with E-state index in [-0.39, 0.29) is 6.04 Å². The van der Waals surface area contributed by atoms with Gasteiger partial charge in [0.1, 0.15) is 0 Å². The molecule has 2 aromatic rings. The lowest BCUT2D eigenvalue weighted by atomic mass is 9.96. The summed E-state index contributed by atoms with van der Waals surface area (Å²) >= 11 is 0. The molecule has 0 bridgehead atoms. The number of piperidine rings is 1. The van der Waals surface area contributed by atoms with E-state index >= 15 is 0 Å². The van der Waals surface area contributed by atoms with Crippen molar-refractivity contribution in [2.45, 2.75) is 38.0 Å². The number of primary amides is 1. The van der Waals surface area contributed by atoms with Gasteiger partial charge in [-0.2, -0.15) is 23.4 Å². The zero-order chi connectivity index (χ0) is 18.2. The average molecular weight is 356 g/mol. The second kappa shape index (κ2) is 6.51. The first kappa shape index (κ1) is 17.5. The Morgan fingerprint density at radius 2 is 2.20 bits per heavy atom. The van der Waals surface area contributed by atoms with E-state index in [4.69, 9.17) is 5.73 Å². The lowest BCUT2D eigenvalue weighted by Crippen LogP contribution is -2.34. The number of halogens is 3. The fourth-order valence-corrected chi connectivity index (χ4v) is 3.25. The minimum atomic E-state index is -4.47. The van der Waals surface area contributed by atoms with Crippen LogP contribution in [-0.2, 0) is 19.8 Å². The SMILES string of the molecule is Cn1nc(C(F)(F)F)cc1CN1CCCCC1c1[nH]ncc1C(N)=O. The molecule has 1 amide bonds. The molecule has 2 aromatic heterocycles. The maximum absolute atomic E-state index is 12.8. The quantitative estimate of drug-likeness (QED) is 0.876. The van der Waals surface area contributed by atoms with Crippen LogP contribution in [0.4, 0.5) is 13.2 Å². The number of aromatic amines is 1. The summed E-state index contributed by atoms with van der Waals surface area (Å²) in [6.45, 7) is 0.996. The molecule has 25 heavy (non-hydrogen) atoms. The lowest BCUT2D eigenvalue weighted by Gasteiger charge is -2.35. The number of carbonyl (C=O) groups excluding carboxylic acids is 1. The Labute approximate surface area is 142 Å². The van der Waals surface area contributed by atoms with E-state index in [1.807, 2.05) is 4.90 Å². The largest absolute Gasteiger partial charge is 0.435 e. The molecule has 1 aliphatic heterocycles. The minimum Gasteiger partial charge on any atom is -0.365 e. The molecule has 1 fully saturated rings. The van der Waals surface area contributed by atoms with Gasteiger partial charge in [-0.1, -0.05) is 6.42 Å². The number of likely N-dealkylation sites (tertiary alicyclic amines) is 1. The summed E-state index contributed by atoms with van der Waals surface area (Å²) in [5, 5.41) is 10.3. The van der Waals surface area contributed by atoms with Gasteiger partial charge >= 0.3 is 6.18 Å². The highest BCUT2D eigenvalue weighted by molar-refractivity contribution is 5.93. The first-order valence-electron chi connectivity index (χ1n) is 7.94. The van der Waals surface area contributed by atoms with Gasteiger partial charge in [0.25, 0.3) is 5.91 Å². The zero-order valence-corrected chi connectivity index (χ0v) is 13.7. The van der Waals surface area contributed by atoms with Crippen LogP contribution in [0.2, 0.25) is 0 Å².